The van der Waals surface area contributed by atoms with Crippen molar-refractivity contribution in [2.75, 3.05) is 7.11 Å². The molecular weight excluding hydrogens is 440 g/mol. The number of hydrogen-bond acceptors (Lipinski definition) is 5. The molecule has 174 valence electrons. The van der Waals surface area contributed by atoms with Crippen molar-refractivity contribution in [3.63, 3.8) is 0 Å². The van der Waals surface area contributed by atoms with Crippen molar-refractivity contribution in [3.8, 4) is 11.4 Å². The Kier molecular flexibility index (Phi) is 4.82. The van der Waals surface area contributed by atoms with Gasteiger partial charge >= 0.3 is 17.3 Å². The molecule has 0 spiro atoms. The highest BCUT2D eigenvalue weighted by Crippen LogP contribution is 2.35. The molecule has 0 saturated heterocycles. The van der Waals surface area contributed by atoms with Crippen LogP contribution in [0.3, 0.4) is 0 Å². The fourth-order valence-electron chi connectivity index (χ4n) is 4.79. The normalized spacial score (nSPS) is 15.0. The van der Waals surface area contributed by atoms with Crippen LogP contribution in [-0.4, -0.2) is 36.5 Å². The van der Waals surface area contributed by atoms with Crippen LogP contribution >= 0.6 is 0 Å². The molecule has 10 nitrogen and oxygen atoms in total. The second-order valence-electron chi connectivity index (χ2n) is 8.37. The molecule has 0 radical (unpaired) electrons. The standard InChI is InChI=1S/C24H22N4O6/c1-25-19-9-5-14(11-20(19)26(2)23(25)32)27-12-17(22(30)31)21(29)28(24(27)33)18-8-4-13-10-15(34-3)6-7-16(13)18/h5-7,9-12,18H,4,8H2,1-3H3,(H,30,31). The molecule has 10 heteroatoms. The second-order valence-corrected chi connectivity index (χ2v) is 8.37. The third kappa shape index (κ3) is 3.02. The topological polar surface area (TPSA) is 117 Å². The minimum absolute atomic E-state index is 0.228. The number of ether oxygens (including phenoxy) is 1. The first kappa shape index (κ1) is 21.5. The van der Waals surface area contributed by atoms with E-state index in [-0.39, 0.29) is 5.69 Å². The third-order valence-corrected chi connectivity index (χ3v) is 6.59. The average molecular weight is 462 g/mol. The highest BCUT2D eigenvalue weighted by molar-refractivity contribution is 5.87. The summed E-state index contributed by atoms with van der Waals surface area (Å²) in [6.45, 7) is 0. The Morgan fingerprint density at radius 2 is 1.74 bits per heavy atom. The van der Waals surface area contributed by atoms with Gasteiger partial charge in [-0.3, -0.25) is 23.1 Å². The largest absolute Gasteiger partial charge is 0.497 e. The van der Waals surface area contributed by atoms with Crippen LogP contribution in [-0.2, 0) is 20.5 Å². The number of methoxy groups -OCH3 is 1. The Hall–Kier alpha value is -4.34. The number of aromatic nitrogens is 4. The van der Waals surface area contributed by atoms with E-state index in [1.807, 2.05) is 6.07 Å². The van der Waals surface area contributed by atoms with Crippen LogP contribution in [0.15, 0.2) is 57.0 Å². The Bertz CT molecular complexity index is 1670. The number of carboxylic acid groups (broad SMARTS) is 1. The lowest BCUT2D eigenvalue weighted by atomic mass is 10.1. The van der Waals surface area contributed by atoms with Crippen LogP contribution in [0.4, 0.5) is 0 Å². The van der Waals surface area contributed by atoms with Gasteiger partial charge in [-0.05, 0) is 54.3 Å². The Balaban J connectivity index is 1.76. The van der Waals surface area contributed by atoms with Crippen molar-refractivity contribution < 1.29 is 14.6 Å². The number of carbonyl (C=O) groups is 1. The van der Waals surface area contributed by atoms with Crippen LogP contribution in [0.2, 0.25) is 0 Å². The molecule has 1 N–H and O–H groups in total. The smallest absolute Gasteiger partial charge is 0.342 e. The summed E-state index contributed by atoms with van der Waals surface area (Å²) in [5, 5.41) is 9.72. The number of carboxylic acids is 1. The van der Waals surface area contributed by atoms with E-state index in [2.05, 4.69) is 0 Å². The van der Waals surface area contributed by atoms with E-state index in [0.29, 0.717) is 35.3 Å². The summed E-state index contributed by atoms with van der Waals surface area (Å²) >= 11 is 0. The number of benzene rings is 2. The van der Waals surface area contributed by atoms with Crippen molar-refractivity contribution in [3.05, 3.63) is 90.6 Å². The van der Waals surface area contributed by atoms with Crippen LogP contribution in [0.25, 0.3) is 16.7 Å². The highest BCUT2D eigenvalue weighted by atomic mass is 16.5. The lowest BCUT2D eigenvalue weighted by Crippen LogP contribution is -2.43. The SMILES string of the molecule is COc1ccc2c(c1)CCC2n1c(=O)c(C(=O)O)cn(-c2ccc3c(c2)n(C)c(=O)n3C)c1=O. The summed E-state index contributed by atoms with van der Waals surface area (Å²) < 4.78 is 10.4. The van der Waals surface area contributed by atoms with Gasteiger partial charge in [-0.2, -0.15) is 0 Å². The summed E-state index contributed by atoms with van der Waals surface area (Å²) in [6, 6.07) is 9.77. The fourth-order valence-corrected chi connectivity index (χ4v) is 4.79. The van der Waals surface area contributed by atoms with Gasteiger partial charge < -0.3 is 9.84 Å². The van der Waals surface area contributed by atoms with Gasteiger partial charge in [-0.1, -0.05) is 6.07 Å². The van der Waals surface area contributed by atoms with E-state index in [9.17, 15) is 24.3 Å². The molecule has 1 atom stereocenters. The predicted molar refractivity (Wildman–Crippen MR) is 124 cm³/mol. The monoisotopic (exact) mass is 462 g/mol. The molecule has 2 aromatic carbocycles. The van der Waals surface area contributed by atoms with Gasteiger partial charge in [-0.25, -0.2) is 14.4 Å². The number of rotatable bonds is 4. The maximum atomic E-state index is 13.6. The second kappa shape index (κ2) is 7.62. The van der Waals surface area contributed by atoms with E-state index < -0.39 is 28.8 Å². The molecular formula is C24H22N4O6. The minimum atomic E-state index is -1.42. The molecule has 5 rings (SSSR count). The van der Waals surface area contributed by atoms with Gasteiger partial charge in [0, 0.05) is 20.3 Å². The number of nitrogens with zero attached hydrogens (tertiary/aromatic N) is 4. The van der Waals surface area contributed by atoms with E-state index in [1.165, 1.54) is 9.13 Å². The first-order chi connectivity index (χ1) is 16.2. The molecule has 34 heavy (non-hydrogen) atoms. The maximum Gasteiger partial charge on any atom is 0.342 e. The summed E-state index contributed by atoms with van der Waals surface area (Å²) in [5.74, 6) is -0.751. The lowest BCUT2D eigenvalue weighted by molar-refractivity contribution is 0.0693. The van der Waals surface area contributed by atoms with Gasteiger partial charge in [0.25, 0.3) is 5.56 Å². The molecule has 0 amide bonds. The summed E-state index contributed by atoms with van der Waals surface area (Å²) in [7, 11) is 4.82. The van der Waals surface area contributed by atoms with E-state index in [4.69, 9.17) is 4.74 Å². The van der Waals surface area contributed by atoms with Crippen molar-refractivity contribution in [1.82, 2.24) is 18.3 Å². The first-order valence-corrected chi connectivity index (χ1v) is 10.7. The maximum absolute atomic E-state index is 13.6. The van der Waals surface area contributed by atoms with Crippen LogP contribution < -0.4 is 21.7 Å². The highest BCUT2D eigenvalue weighted by Gasteiger charge is 2.30. The molecule has 0 fully saturated rings. The first-order valence-electron chi connectivity index (χ1n) is 10.7. The Labute approximate surface area is 192 Å². The van der Waals surface area contributed by atoms with Crippen molar-refractivity contribution in [2.45, 2.75) is 18.9 Å². The van der Waals surface area contributed by atoms with E-state index in [1.54, 1.807) is 51.5 Å². The van der Waals surface area contributed by atoms with Gasteiger partial charge in [0.2, 0.25) is 0 Å². The van der Waals surface area contributed by atoms with Crippen molar-refractivity contribution >= 4 is 17.0 Å². The van der Waals surface area contributed by atoms with Crippen LogP contribution in [0, 0.1) is 0 Å². The molecule has 0 aliphatic heterocycles. The van der Waals surface area contributed by atoms with E-state index >= 15 is 0 Å². The fraction of sp³-hybridized carbons (Fsp3) is 0.250. The van der Waals surface area contributed by atoms with Crippen LogP contribution in [0.5, 0.6) is 5.75 Å². The predicted octanol–water partition coefficient (Wildman–Crippen LogP) is 1.43. The van der Waals surface area contributed by atoms with Crippen molar-refractivity contribution in [2.24, 2.45) is 14.1 Å². The average Bonchev–Trinajstić information content (AvgIpc) is 3.33. The zero-order valence-corrected chi connectivity index (χ0v) is 18.8. The quantitative estimate of drug-likeness (QED) is 0.490. The molecule has 2 heterocycles. The third-order valence-electron chi connectivity index (χ3n) is 6.59. The zero-order chi connectivity index (χ0) is 24.3. The minimum Gasteiger partial charge on any atom is -0.497 e. The van der Waals surface area contributed by atoms with Crippen LogP contribution in [0.1, 0.15) is 33.9 Å². The number of hydrogen-bond donors (Lipinski definition) is 1. The number of fused-ring (bicyclic) bond motifs is 2. The number of aromatic carboxylic acids is 1. The molecule has 1 aliphatic carbocycles. The number of aryl methyl sites for hydroxylation is 3. The Morgan fingerprint density at radius 1 is 1.00 bits per heavy atom. The Morgan fingerprint density at radius 3 is 2.44 bits per heavy atom. The molecule has 1 unspecified atom stereocenters. The van der Waals surface area contributed by atoms with E-state index in [0.717, 1.165) is 26.5 Å². The zero-order valence-electron chi connectivity index (χ0n) is 18.8. The van der Waals surface area contributed by atoms with Gasteiger partial charge in [0.1, 0.15) is 11.3 Å². The molecule has 0 saturated carbocycles. The van der Waals surface area contributed by atoms with Gasteiger partial charge in [0.15, 0.2) is 0 Å². The molecule has 1 aliphatic rings. The summed E-state index contributed by atoms with van der Waals surface area (Å²) in [6.07, 6.45) is 2.15. The van der Waals surface area contributed by atoms with Gasteiger partial charge in [0.05, 0.1) is 29.9 Å². The lowest BCUT2D eigenvalue weighted by Gasteiger charge is -2.18. The van der Waals surface area contributed by atoms with Gasteiger partial charge in [-0.15, -0.1) is 0 Å². The number of imidazole rings is 1. The molecule has 2 aromatic heterocycles. The van der Waals surface area contributed by atoms with Crippen molar-refractivity contribution in [1.29, 1.82) is 0 Å². The summed E-state index contributed by atoms with van der Waals surface area (Å²) in [5.41, 5.74) is 1.08. The summed E-state index contributed by atoms with van der Waals surface area (Å²) in [4.78, 5) is 51.0. The molecule has 4 aromatic rings. The molecule has 0 bridgehead atoms.